The van der Waals surface area contributed by atoms with Gasteiger partial charge in [0.25, 0.3) is 5.91 Å². The standard InChI is InChI=1S/C21H28N4O3/c22-16(11-14-1-5-18(26)6-2-14)13-25-9-7-17(8-10-25)23-21(27)19-12-20(28-24-19)15-3-4-15/h1-2,5-6,12,15-17,26H,3-4,7-11,13,22H2,(H,23,27)/t16-/m1/s1. The van der Waals surface area contributed by atoms with Crippen molar-refractivity contribution in [2.45, 2.75) is 50.1 Å². The number of phenols is 1. The van der Waals surface area contributed by atoms with Gasteiger partial charge in [0.2, 0.25) is 0 Å². The minimum Gasteiger partial charge on any atom is -0.508 e. The number of hydrogen-bond acceptors (Lipinski definition) is 6. The van der Waals surface area contributed by atoms with E-state index in [9.17, 15) is 9.90 Å². The molecule has 1 saturated heterocycles. The van der Waals surface area contributed by atoms with Crippen LogP contribution in [-0.2, 0) is 6.42 Å². The van der Waals surface area contributed by atoms with Crippen molar-refractivity contribution in [2.24, 2.45) is 5.73 Å². The van der Waals surface area contributed by atoms with Gasteiger partial charge in [-0.2, -0.15) is 0 Å². The highest BCUT2D eigenvalue weighted by Gasteiger charge is 2.29. The predicted molar refractivity (Wildman–Crippen MR) is 105 cm³/mol. The Labute approximate surface area is 164 Å². The fourth-order valence-electron chi connectivity index (χ4n) is 3.81. The molecule has 4 N–H and O–H groups in total. The first-order valence-corrected chi connectivity index (χ1v) is 10.1. The van der Waals surface area contributed by atoms with Gasteiger partial charge in [0.15, 0.2) is 5.69 Å². The van der Waals surface area contributed by atoms with E-state index in [1.807, 2.05) is 12.1 Å². The van der Waals surface area contributed by atoms with E-state index in [-0.39, 0.29) is 23.7 Å². The van der Waals surface area contributed by atoms with Crippen molar-refractivity contribution >= 4 is 5.91 Å². The summed E-state index contributed by atoms with van der Waals surface area (Å²) in [5.41, 5.74) is 7.82. The summed E-state index contributed by atoms with van der Waals surface area (Å²) in [6, 6.07) is 9.21. The van der Waals surface area contributed by atoms with Gasteiger partial charge in [-0.15, -0.1) is 0 Å². The Morgan fingerprint density at radius 3 is 2.64 bits per heavy atom. The number of amides is 1. The number of likely N-dealkylation sites (tertiary alicyclic amines) is 1. The number of nitrogens with one attached hydrogen (secondary N) is 1. The third-order valence-electron chi connectivity index (χ3n) is 5.59. The zero-order chi connectivity index (χ0) is 19.5. The van der Waals surface area contributed by atoms with Gasteiger partial charge in [-0.25, -0.2) is 0 Å². The molecule has 0 bridgehead atoms. The van der Waals surface area contributed by atoms with Gasteiger partial charge < -0.3 is 25.6 Å². The highest BCUT2D eigenvalue weighted by atomic mass is 16.5. The summed E-state index contributed by atoms with van der Waals surface area (Å²) >= 11 is 0. The van der Waals surface area contributed by atoms with Crippen LogP contribution >= 0.6 is 0 Å². The first-order valence-electron chi connectivity index (χ1n) is 10.1. The van der Waals surface area contributed by atoms with Crippen molar-refractivity contribution in [3.8, 4) is 5.75 Å². The number of rotatable bonds is 7. The van der Waals surface area contributed by atoms with Crippen LogP contribution < -0.4 is 11.1 Å². The molecule has 0 radical (unpaired) electrons. The van der Waals surface area contributed by atoms with Crippen LogP contribution in [0.25, 0.3) is 0 Å². The molecule has 0 spiro atoms. The lowest BCUT2D eigenvalue weighted by molar-refractivity contribution is 0.0900. The van der Waals surface area contributed by atoms with Gasteiger partial charge in [-0.3, -0.25) is 4.79 Å². The maximum atomic E-state index is 12.4. The number of phenolic OH excluding ortho intramolecular Hbond substituents is 1. The predicted octanol–water partition coefficient (Wildman–Crippen LogP) is 2.02. The van der Waals surface area contributed by atoms with Crippen molar-refractivity contribution in [3.63, 3.8) is 0 Å². The van der Waals surface area contributed by atoms with E-state index in [0.717, 1.165) is 63.1 Å². The van der Waals surface area contributed by atoms with Gasteiger partial charge in [-0.1, -0.05) is 17.3 Å². The second-order valence-corrected chi connectivity index (χ2v) is 8.07. The van der Waals surface area contributed by atoms with Gasteiger partial charge in [0, 0.05) is 43.7 Å². The molecule has 2 fully saturated rings. The summed E-state index contributed by atoms with van der Waals surface area (Å²) in [5.74, 6) is 1.43. The fourth-order valence-corrected chi connectivity index (χ4v) is 3.81. The number of carbonyl (C=O) groups is 1. The lowest BCUT2D eigenvalue weighted by atomic mass is 10.0. The lowest BCUT2D eigenvalue weighted by Gasteiger charge is -2.33. The second-order valence-electron chi connectivity index (χ2n) is 8.07. The molecule has 7 nitrogen and oxygen atoms in total. The van der Waals surface area contributed by atoms with E-state index >= 15 is 0 Å². The molecule has 0 unspecified atom stereocenters. The van der Waals surface area contributed by atoms with Gasteiger partial charge in [0.05, 0.1) is 0 Å². The van der Waals surface area contributed by atoms with Gasteiger partial charge in [-0.05, 0) is 49.8 Å². The Morgan fingerprint density at radius 2 is 1.96 bits per heavy atom. The van der Waals surface area contributed by atoms with Gasteiger partial charge >= 0.3 is 0 Å². The summed E-state index contributed by atoms with van der Waals surface area (Å²) in [6.07, 6.45) is 4.86. The molecule has 1 aliphatic heterocycles. The molecule has 1 aliphatic carbocycles. The molecule has 1 amide bonds. The minimum absolute atomic E-state index is 0.0478. The number of nitrogens with zero attached hydrogens (tertiary/aromatic N) is 2. The van der Waals surface area contributed by atoms with Crippen molar-refractivity contribution in [2.75, 3.05) is 19.6 Å². The third-order valence-corrected chi connectivity index (χ3v) is 5.59. The molecule has 150 valence electrons. The number of benzene rings is 1. The normalized spacial score (nSPS) is 19.5. The minimum atomic E-state index is -0.141. The second kappa shape index (κ2) is 8.32. The molecular weight excluding hydrogens is 356 g/mol. The van der Waals surface area contributed by atoms with Crippen LogP contribution in [0.2, 0.25) is 0 Å². The molecule has 7 heteroatoms. The summed E-state index contributed by atoms with van der Waals surface area (Å²) < 4.78 is 5.27. The number of nitrogens with two attached hydrogens (primary N) is 1. The van der Waals surface area contributed by atoms with E-state index < -0.39 is 0 Å². The van der Waals surface area contributed by atoms with E-state index in [1.165, 1.54) is 0 Å². The fraction of sp³-hybridized carbons (Fsp3) is 0.524. The average molecular weight is 384 g/mol. The van der Waals surface area contributed by atoms with Crippen molar-refractivity contribution in [1.29, 1.82) is 0 Å². The molecule has 2 heterocycles. The molecule has 1 atom stereocenters. The van der Waals surface area contributed by atoms with Crippen LogP contribution in [-0.4, -0.2) is 52.8 Å². The zero-order valence-corrected chi connectivity index (χ0v) is 16.0. The molecule has 2 aromatic rings. The van der Waals surface area contributed by atoms with Crippen molar-refractivity contribution in [3.05, 3.63) is 47.3 Å². The molecular formula is C21H28N4O3. The van der Waals surface area contributed by atoms with Crippen LogP contribution in [0, 0.1) is 0 Å². The van der Waals surface area contributed by atoms with E-state index in [0.29, 0.717) is 11.6 Å². The Bertz CT molecular complexity index is 792. The Morgan fingerprint density at radius 1 is 1.25 bits per heavy atom. The summed E-state index contributed by atoms with van der Waals surface area (Å²) in [4.78, 5) is 14.7. The van der Waals surface area contributed by atoms with Crippen LogP contribution in [0.15, 0.2) is 34.9 Å². The van der Waals surface area contributed by atoms with Gasteiger partial charge in [0.1, 0.15) is 11.5 Å². The summed E-state index contributed by atoms with van der Waals surface area (Å²) in [7, 11) is 0. The Hall–Kier alpha value is -2.38. The first kappa shape index (κ1) is 19.0. The van der Waals surface area contributed by atoms with Crippen LogP contribution in [0.4, 0.5) is 0 Å². The monoisotopic (exact) mass is 384 g/mol. The molecule has 28 heavy (non-hydrogen) atoms. The molecule has 1 aromatic heterocycles. The van der Waals surface area contributed by atoms with Crippen molar-refractivity contribution < 1.29 is 14.4 Å². The first-order chi connectivity index (χ1) is 13.6. The SMILES string of the molecule is N[C@H](Cc1ccc(O)cc1)CN1CCC(NC(=O)c2cc(C3CC3)on2)CC1. The number of aromatic nitrogens is 1. The number of hydrogen-bond donors (Lipinski definition) is 3. The highest BCUT2D eigenvalue weighted by molar-refractivity contribution is 5.92. The number of aromatic hydroxyl groups is 1. The van der Waals surface area contributed by atoms with Crippen LogP contribution in [0.3, 0.4) is 0 Å². The summed E-state index contributed by atoms with van der Waals surface area (Å²) in [5, 5.41) is 16.4. The maximum absolute atomic E-state index is 12.4. The Kier molecular flexibility index (Phi) is 5.64. The average Bonchev–Trinajstić information content (AvgIpc) is 3.41. The number of carbonyl (C=O) groups excluding carboxylic acids is 1. The molecule has 4 rings (SSSR count). The van der Waals surface area contributed by atoms with Crippen LogP contribution in [0.5, 0.6) is 5.75 Å². The number of piperidine rings is 1. The van der Waals surface area contributed by atoms with E-state index in [1.54, 1.807) is 18.2 Å². The van der Waals surface area contributed by atoms with Crippen molar-refractivity contribution in [1.82, 2.24) is 15.4 Å². The lowest BCUT2D eigenvalue weighted by Crippen LogP contribution is -2.48. The topological polar surface area (TPSA) is 105 Å². The molecule has 1 saturated carbocycles. The van der Waals surface area contributed by atoms with E-state index in [2.05, 4.69) is 15.4 Å². The Balaban J connectivity index is 1.19. The third kappa shape index (κ3) is 4.91. The zero-order valence-electron chi connectivity index (χ0n) is 16.0. The van der Waals surface area contributed by atoms with Crippen LogP contribution in [0.1, 0.15) is 53.4 Å². The molecule has 2 aliphatic rings. The molecule has 1 aromatic carbocycles. The maximum Gasteiger partial charge on any atom is 0.273 e. The summed E-state index contributed by atoms with van der Waals surface area (Å²) in [6.45, 7) is 2.66. The smallest absolute Gasteiger partial charge is 0.273 e. The van der Waals surface area contributed by atoms with E-state index in [4.69, 9.17) is 10.3 Å². The largest absolute Gasteiger partial charge is 0.508 e. The quantitative estimate of drug-likeness (QED) is 0.675. The highest BCUT2D eigenvalue weighted by Crippen LogP contribution is 2.40.